The smallest absolute Gasteiger partial charge is 0.258 e. The minimum absolute atomic E-state index is 0.162. The molecule has 1 heterocycles. The number of rotatable bonds is 1. The third-order valence-corrected chi connectivity index (χ3v) is 2.32. The monoisotopic (exact) mass is 175 g/mol. The van der Waals surface area contributed by atoms with Crippen LogP contribution in [0.4, 0.5) is 5.69 Å². The van der Waals surface area contributed by atoms with E-state index < -0.39 is 4.92 Å². The van der Waals surface area contributed by atoms with E-state index in [4.69, 9.17) is 0 Å². The molecule has 0 unspecified atom stereocenters. The number of hydrogen-bond acceptors (Lipinski definition) is 4. The molecule has 0 amide bonds. The summed E-state index contributed by atoms with van der Waals surface area (Å²) in [6.45, 7) is 1.71. The summed E-state index contributed by atoms with van der Waals surface area (Å²) in [6, 6.07) is 1.46. The lowest BCUT2D eigenvalue weighted by atomic mass is 10.4. The van der Waals surface area contributed by atoms with Crippen molar-refractivity contribution in [3.05, 3.63) is 21.1 Å². The Morgan fingerprint density at radius 1 is 1.80 bits per heavy atom. The lowest BCUT2D eigenvalue weighted by Gasteiger charge is -1.83. The van der Waals surface area contributed by atoms with Crippen molar-refractivity contribution in [2.75, 3.05) is 0 Å². The molecule has 0 saturated carbocycles. The summed E-state index contributed by atoms with van der Waals surface area (Å²) in [7, 11) is 0. The number of nitrogens with zero attached hydrogens (tertiary/aromatic N) is 1. The Balaban J connectivity index is 3.15. The molecule has 1 rings (SSSR count). The lowest BCUT2D eigenvalue weighted by molar-refractivity contribution is -0.385. The molecule has 1 aromatic heterocycles. The molecule has 10 heavy (non-hydrogen) atoms. The zero-order valence-corrected chi connectivity index (χ0v) is 6.91. The molecule has 3 nitrogen and oxygen atoms in total. The Hall–Kier alpha value is -0.550. The van der Waals surface area contributed by atoms with Gasteiger partial charge in [-0.3, -0.25) is 10.1 Å². The molecule has 0 radical (unpaired) electrons. The molecule has 0 N–H and O–H groups in total. The minimum Gasteiger partial charge on any atom is -0.258 e. The fraction of sp³-hybridized carbons (Fsp3) is 0.200. The number of aryl methyl sites for hydroxylation is 1. The average Bonchev–Trinajstić information content (AvgIpc) is 2.10. The molecule has 0 aliphatic heterocycles. The second-order valence-corrected chi connectivity index (χ2v) is 3.82. The highest BCUT2D eigenvalue weighted by Crippen LogP contribution is 2.29. The quantitative estimate of drug-likeness (QED) is 0.404. The predicted octanol–water partition coefficient (Wildman–Crippen LogP) is 2.25. The number of nitro groups is 1. The zero-order chi connectivity index (χ0) is 7.72. The van der Waals surface area contributed by atoms with Crippen molar-refractivity contribution in [2.45, 2.75) is 11.1 Å². The van der Waals surface area contributed by atoms with Crippen LogP contribution in [0, 0.1) is 17.0 Å². The maximum atomic E-state index is 10.2. The molecule has 54 valence electrons. The van der Waals surface area contributed by atoms with Gasteiger partial charge in [0, 0.05) is 6.07 Å². The van der Waals surface area contributed by atoms with Gasteiger partial charge in [0.25, 0.3) is 5.69 Å². The van der Waals surface area contributed by atoms with Crippen molar-refractivity contribution in [3.8, 4) is 0 Å². The van der Waals surface area contributed by atoms with Crippen molar-refractivity contribution in [1.82, 2.24) is 0 Å². The first kappa shape index (κ1) is 7.56. The standard InChI is InChI=1S/C5H5NO2S2/c1-3-4(6(7)8)2-5(9)10-3/h2,9H,1H3. The third-order valence-electron chi connectivity index (χ3n) is 1.08. The summed E-state index contributed by atoms with van der Waals surface area (Å²) < 4.78 is 0.684. The van der Waals surface area contributed by atoms with Crippen LogP contribution in [0.1, 0.15) is 4.88 Å². The maximum absolute atomic E-state index is 10.2. The minimum atomic E-state index is -0.397. The van der Waals surface area contributed by atoms with Gasteiger partial charge in [-0.25, -0.2) is 0 Å². The van der Waals surface area contributed by atoms with Crippen LogP contribution < -0.4 is 0 Å². The fourth-order valence-electron chi connectivity index (χ4n) is 0.638. The van der Waals surface area contributed by atoms with Gasteiger partial charge in [-0.05, 0) is 6.92 Å². The normalized spacial score (nSPS) is 9.80. The predicted molar refractivity (Wildman–Crippen MR) is 43.0 cm³/mol. The highest BCUT2D eigenvalue weighted by atomic mass is 32.2. The molecule has 0 atom stereocenters. The molecular formula is C5H5NO2S2. The summed E-state index contributed by atoms with van der Waals surface area (Å²) in [4.78, 5) is 10.5. The Kier molecular flexibility index (Phi) is 1.96. The van der Waals surface area contributed by atoms with Gasteiger partial charge >= 0.3 is 0 Å². The third kappa shape index (κ3) is 1.30. The molecule has 0 fully saturated rings. The Morgan fingerprint density at radius 2 is 2.40 bits per heavy atom. The van der Waals surface area contributed by atoms with Crippen molar-refractivity contribution in [1.29, 1.82) is 0 Å². The zero-order valence-electron chi connectivity index (χ0n) is 5.20. The molecule has 0 saturated heterocycles. The van der Waals surface area contributed by atoms with E-state index in [1.807, 2.05) is 0 Å². The summed E-state index contributed by atoms with van der Waals surface area (Å²) >= 11 is 5.30. The van der Waals surface area contributed by atoms with Crippen LogP contribution in [0.3, 0.4) is 0 Å². The van der Waals surface area contributed by atoms with Crippen LogP contribution in [0.5, 0.6) is 0 Å². The van der Waals surface area contributed by atoms with Crippen LogP contribution in [0.15, 0.2) is 10.3 Å². The van der Waals surface area contributed by atoms with Crippen LogP contribution in [0.2, 0.25) is 0 Å². The highest BCUT2D eigenvalue weighted by molar-refractivity contribution is 7.82. The number of hydrogen-bond donors (Lipinski definition) is 1. The summed E-state index contributed by atoms with van der Waals surface area (Å²) in [5.41, 5.74) is 0.162. The highest BCUT2D eigenvalue weighted by Gasteiger charge is 2.12. The number of thiol groups is 1. The fourth-order valence-corrected chi connectivity index (χ4v) is 1.89. The van der Waals surface area contributed by atoms with Crippen molar-refractivity contribution >= 4 is 29.7 Å². The lowest BCUT2D eigenvalue weighted by Crippen LogP contribution is -1.85. The molecular weight excluding hydrogens is 170 g/mol. The molecule has 0 aliphatic rings. The van der Waals surface area contributed by atoms with Crippen LogP contribution in [-0.4, -0.2) is 4.92 Å². The Bertz CT molecular complexity index is 269. The molecule has 0 aromatic carbocycles. The molecule has 0 spiro atoms. The van der Waals surface area contributed by atoms with Gasteiger partial charge in [0.15, 0.2) is 0 Å². The van der Waals surface area contributed by atoms with Gasteiger partial charge in [-0.15, -0.1) is 24.0 Å². The summed E-state index contributed by atoms with van der Waals surface area (Å²) in [5.74, 6) is 0. The molecule has 0 aliphatic carbocycles. The first-order valence-corrected chi connectivity index (χ1v) is 3.81. The van der Waals surface area contributed by atoms with E-state index >= 15 is 0 Å². The largest absolute Gasteiger partial charge is 0.284 e. The second-order valence-electron chi connectivity index (χ2n) is 1.78. The van der Waals surface area contributed by atoms with Gasteiger partial charge < -0.3 is 0 Å². The Labute approximate surface area is 67.2 Å². The van der Waals surface area contributed by atoms with Crippen LogP contribution in [0.25, 0.3) is 0 Å². The van der Waals surface area contributed by atoms with E-state index in [0.29, 0.717) is 9.09 Å². The molecule has 1 aromatic rings. The van der Waals surface area contributed by atoms with Gasteiger partial charge in [0.1, 0.15) is 0 Å². The van der Waals surface area contributed by atoms with Crippen molar-refractivity contribution < 1.29 is 4.92 Å². The first-order valence-electron chi connectivity index (χ1n) is 2.55. The maximum Gasteiger partial charge on any atom is 0.284 e. The Morgan fingerprint density at radius 3 is 2.60 bits per heavy atom. The number of thiophene rings is 1. The van der Waals surface area contributed by atoms with Gasteiger partial charge in [0.05, 0.1) is 14.0 Å². The van der Waals surface area contributed by atoms with E-state index in [1.165, 1.54) is 17.4 Å². The van der Waals surface area contributed by atoms with Gasteiger partial charge in [-0.1, -0.05) is 0 Å². The molecule has 0 bridgehead atoms. The van der Waals surface area contributed by atoms with Crippen molar-refractivity contribution in [2.24, 2.45) is 0 Å². The average molecular weight is 175 g/mol. The van der Waals surface area contributed by atoms with Crippen molar-refractivity contribution in [3.63, 3.8) is 0 Å². The SMILES string of the molecule is Cc1sc(S)cc1[N+](=O)[O-]. The second kappa shape index (κ2) is 2.59. The van der Waals surface area contributed by atoms with E-state index in [2.05, 4.69) is 12.6 Å². The van der Waals surface area contributed by atoms with Crippen LogP contribution >= 0.6 is 24.0 Å². The van der Waals surface area contributed by atoms with E-state index in [1.54, 1.807) is 6.92 Å². The summed E-state index contributed by atoms with van der Waals surface area (Å²) in [5, 5.41) is 10.2. The van der Waals surface area contributed by atoms with Gasteiger partial charge in [0.2, 0.25) is 0 Å². The topological polar surface area (TPSA) is 43.1 Å². The van der Waals surface area contributed by atoms with Crippen LogP contribution in [-0.2, 0) is 0 Å². The molecule has 5 heteroatoms. The van der Waals surface area contributed by atoms with Gasteiger partial charge in [-0.2, -0.15) is 0 Å². The summed E-state index contributed by atoms with van der Waals surface area (Å²) in [6.07, 6.45) is 0. The van der Waals surface area contributed by atoms with E-state index in [-0.39, 0.29) is 5.69 Å². The first-order chi connectivity index (χ1) is 4.61. The van der Waals surface area contributed by atoms with E-state index in [0.717, 1.165) is 0 Å². The van der Waals surface area contributed by atoms with E-state index in [9.17, 15) is 10.1 Å².